The number of aromatic nitrogens is 1. The quantitative estimate of drug-likeness (QED) is 0.674. The molecule has 5 nitrogen and oxygen atoms in total. The van der Waals surface area contributed by atoms with E-state index in [1.54, 1.807) is 6.07 Å². The summed E-state index contributed by atoms with van der Waals surface area (Å²) in [7, 11) is 0. The summed E-state index contributed by atoms with van der Waals surface area (Å²) in [5.41, 5.74) is 3.12. The van der Waals surface area contributed by atoms with Crippen LogP contribution in [0.5, 0.6) is 0 Å². The Balaban J connectivity index is 1.71. The van der Waals surface area contributed by atoms with E-state index in [-0.39, 0.29) is 18.5 Å². The van der Waals surface area contributed by atoms with Crippen molar-refractivity contribution in [2.45, 2.75) is 64.7 Å². The molecule has 1 aliphatic carbocycles. The van der Waals surface area contributed by atoms with Crippen molar-refractivity contribution in [3.8, 4) is 0 Å². The van der Waals surface area contributed by atoms with Gasteiger partial charge >= 0.3 is 6.18 Å². The Labute approximate surface area is 192 Å². The van der Waals surface area contributed by atoms with Crippen molar-refractivity contribution < 1.29 is 22.7 Å². The van der Waals surface area contributed by atoms with Crippen molar-refractivity contribution in [1.29, 1.82) is 0 Å². The SMILES string of the molecule is Cc1c(N2CCOCC2)c(C)n(Cc2cccc(C(F)(F)F)c2)c1C(=O)NC1CCCCC1. The number of halogens is 3. The number of nitrogens with zero attached hydrogens (tertiary/aromatic N) is 2. The Morgan fingerprint density at radius 1 is 1.12 bits per heavy atom. The zero-order chi connectivity index (χ0) is 23.6. The van der Waals surface area contributed by atoms with Crippen LogP contribution < -0.4 is 10.2 Å². The summed E-state index contributed by atoms with van der Waals surface area (Å²) in [4.78, 5) is 15.7. The van der Waals surface area contributed by atoms with Gasteiger partial charge in [0.1, 0.15) is 5.69 Å². The van der Waals surface area contributed by atoms with Gasteiger partial charge < -0.3 is 19.5 Å². The Morgan fingerprint density at radius 2 is 1.82 bits per heavy atom. The van der Waals surface area contributed by atoms with Crippen LogP contribution in [0.2, 0.25) is 0 Å². The van der Waals surface area contributed by atoms with E-state index >= 15 is 0 Å². The third-order valence-electron chi connectivity index (χ3n) is 6.81. The van der Waals surface area contributed by atoms with Crippen molar-refractivity contribution in [3.63, 3.8) is 0 Å². The molecule has 1 saturated heterocycles. The summed E-state index contributed by atoms with van der Waals surface area (Å²) in [6, 6.07) is 5.50. The maximum absolute atomic E-state index is 13.5. The first kappa shape index (κ1) is 23.7. The van der Waals surface area contributed by atoms with Gasteiger partial charge in [-0.3, -0.25) is 4.79 Å². The third kappa shape index (κ3) is 5.21. The molecule has 1 N–H and O–H groups in total. The van der Waals surface area contributed by atoms with Crippen molar-refractivity contribution in [2.75, 3.05) is 31.2 Å². The molecule has 1 amide bonds. The Kier molecular flexibility index (Phi) is 7.02. The molecule has 1 saturated carbocycles. The number of hydrogen-bond acceptors (Lipinski definition) is 3. The highest BCUT2D eigenvalue weighted by molar-refractivity contribution is 5.97. The first-order chi connectivity index (χ1) is 15.8. The lowest BCUT2D eigenvalue weighted by Gasteiger charge is -2.29. The van der Waals surface area contributed by atoms with E-state index in [1.165, 1.54) is 18.6 Å². The van der Waals surface area contributed by atoms with E-state index in [2.05, 4.69) is 10.2 Å². The molecule has 8 heteroatoms. The summed E-state index contributed by atoms with van der Waals surface area (Å²) in [6.45, 7) is 6.76. The molecule has 2 aliphatic rings. The second-order valence-corrected chi connectivity index (χ2v) is 9.10. The van der Waals surface area contributed by atoms with E-state index in [1.807, 2.05) is 18.4 Å². The zero-order valence-electron chi connectivity index (χ0n) is 19.3. The van der Waals surface area contributed by atoms with Crippen molar-refractivity contribution in [1.82, 2.24) is 9.88 Å². The summed E-state index contributed by atoms with van der Waals surface area (Å²) in [6.07, 6.45) is 0.929. The van der Waals surface area contributed by atoms with Gasteiger partial charge in [0.2, 0.25) is 0 Å². The number of anilines is 1. The molecule has 2 heterocycles. The minimum atomic E-state index is -4.40. The maximum atomic E-state index is 13.5. The molecular weight excluding hydrogens is 431 g/mol. The van der Waals surface area contributed by atoms with Gasteiger partial charge in [0.25, 0.3) is 5.91 Å². The number of amides is 1. The van der Waals surface area contributed by atoms with Crippen LogP contribution in [0.15, 0.2) is 24.3 Å². The lowest BCUT2D eigenvalue weighted by atomic mass is 9.95. The van der Waals surface area contributed by atoms with Gasteiger partial charge in [-0.2, -0.15) is 13.2 Å². The van der Waals surface area contributed by atoms with Crippen LogP contribution in [-0.4, -0.2) is 42.8 Å². The Morgan fingerprint density at radius 3 is 2.48 bits per heavy atom. The Hall–Kier alpha value is -2.48. The first-order valence-electron chi connectivity index (χ1n) is 11.7. The van der Waals surface area contributed by atoms with Gasteiger partial charge in [0.15, 0.2) is 0 Å². The lowest BCUT2D eigenvalue weighted by Crippen LogP contribution is -2.38. The normalized spacial score (nSPS) is 17.9. The van der Waals surface area contributed by atoms with Crippen LogP contribution in [0.25, 0.3) is 0 Å². The number of rotatable bonds is 5. The summed E-state index contributed by atoms with van der Waals surface area (Å²) in [5.74, 6) is -0.144. The molecule has 4 rings (SSSR count). The topological polar surface area (TPSA) is 46.5 Å². The van der Waals surface area contributed by atoms with Crippen LogP contribution in [0, 0.1) is 13.8 Å². The monoisotopic (exact) mass is 463 g/mol. The van der Waals surface area contributed by atoms with Gasteiger partial charge in [0.05, 0.1) is 24.5 Å². The second-order valence-electron chi connectivity index (χ2n) is 9.10. The summed E-state index contributed by atoms with van der Waals surface area (Å²) in [5, 5.41) is 3.20. The maximum Gasteiger partial charge on any atom is 0.416 e. The molecular formula is C25H32F3N3O2. The van der Waals surface area contributed by atoms with E-state index < -0.39 is 11.7 Å². The van der Waals surface area contributed by atoms with Crippen molar-refractivity contribution >= 4 is 11.6 Å². The number of nitrogens with one attached hydrogen (secondary N) is 1. The number of ether oxygens (including phenoxy) is 1. The fourth-order valence-electron chi connectivity index (χ4n) is 5.15. The van der Waals surface area contributed by atoms with E-state index in [0.29, 0.717) is 24.5 Å². The van der Waals surface area contributed by atoms with Crippen LogP contribution in [-0.2, 0) is 17.5 Å². The predicted octanol–water partition coefficient (Wildman–Crippen LogP) is 5.07. The van der Waals surface area contributed by atoms with Gasteiger partial charge in [-0.1, -0.05) is 31.4 Å². The third-order valence-corrected chi connectivity index (χ3v) is 6.81. The van der Waals surface area contributed by atoms with E-state index in [9.17, 15) is 18.0 Å². The molecule has 0 bridgehead atoms. The standard InChI is InChI=1S/C25H32F3N3O2/c1-17-22(30-11-13-33-14-12-30)18(2)31(16-19-7-6-8-20(15-19)25(26,27)28)23(17)24(32)29-21-9-4-3-5-10-21/h6-8,15,21H,3-5,9-14,16H2,1-2H3,(H,29,32). The second kappa shape index (κ2) is 9.79. The number of carbonyl (C=O) groups is 1. The number of benzene rings is 1. The number of morpholine rings is 1. The molecule has 2 aromatic rings. The molecule has 2 fully saturated rings. The highest BCUT2D eigenvalue weighted by Crippen LogP contribution is 2.34. The minimum absolute atomic E-state index is 0.144. The molecule has 0 unspecified atom stereocenters. The summed E-state index contributed by atoms with van der Waals surface area (Å²) < 4.78 is 47.2. The van der Waals surface area contributed by atoms with Gasteiger partial charge in [-0.05, 0) is 44.4 Å². The number of carbonyl (C=O) groups excluding carboxylic acids is 1. The van der Waals surface area contributed by atoms with Crippen LogP contribution >= 0.6 is 0 Å². The largest absolute Gasteiger partial charge is 0.416 e. The fraction of sp³-hybridized carbons (Fsp3) is 0.560. The highest BCUT2D eigenvalue weighted by atomic mass is 19.4. The molecule has 1 aromatic carbocycles. The first-order valence-corrected chi connectivity index (χ1v) is 11.7. The van der Waals surface area contributed by atoms with E-state index in [0.717, 1.165) is 61.8 Å². The fourth-order valence-corrected chi connectivity index (χ4v) is 5.15. The lowest BCUT2D eigenvalue weighted by molar-refractivity contribution is -0.137. The van der Waals surface area contributed by atoms with Gasteiger partial charge in [-0.25, -0.2) is 0 Å². The molecule has 1 aromatic heterocycles. The minimum Gasteiger partial charge on any atom is -0.378 e. The summed E-state index contributed by atoms with van der Waals surface area (Å²) >= 11 is 0. The number of hydrogen-bond donors (Lipinski definition) is 1. The molecule has 180 valence electrons. The van der Waals surface area contributed by atoms with Crippen LogP contribution in [0.3, 0.4) is 0 Å². The van der Waals surface area contributed by atoms with Gasteiger partial charge in [0, 0.05) is 36.9 Å². The smallest absolute Gasteiger partial charge is 0.378 e. The van der Waals surface area contributed by atoms with Crippen molar-refractivity contribution in [2.24, 2.45) is 0 Å². The molecule has 0 spiro atoms. The van der Waals surface area contributed by atoms with Crippen molar-refractivity contribution in [3.05, 3.63) is 52.3 Å². The zero-order valence-corrected chi connectivity index (χ0v) is 19.3. The predicted molar refractivity (Wildman–Crippen MR) is 122 cm³/mol. The van der Waals surface area contributed by atoms with Crippen LogP contribution in [0.1, 0.15) is 65.0 Å². The number of alkyl halides is 3. The average Bonchev–Trinajstić information content (AvgIpc) is 3.04. The Bertz CT molecular complexity index is 988. The molecule has 1 aliphatic heterocycles. The van der Waals surface area contributed by atoms with Gasteiger partial charge in [-0.15, -0.1) is 0 Å². The highest BCUT2D eigenvalue weighted by Gasteiger charge is 2.31. The van der Waals surface area contributed by atoms with E-state index in [4.69, 9.17) is 4.74 Å². The van der Waals surface area contributed by atoms with Crippen LogP contribution in [0.4, 0.5) is 18.9 Å². The average molecular weight is 464 g/mol. The molecule has 0 radical (unpaired) electrons. The molecule has 33 heavy (non-hydrogen) atoms. The molecule has 0 atom stereocenters.